The average Bonchev–Trinajstić information content (AvgIpc) is 2.32. The molecule has 1 aromatic heterocycles. The molecule has 0 amide bonds. The van der Waals surface area contributed by atoms with Gasteiger partial charge >= 0.3 is 0 Å². The molecule has 0 aromatic carbocycles. The molecular weight excluding hydrogens is 198 g/mol. The maximum atomic E-state index is 5.91. The van der Waals surface area contributed by atoms with Gasteiger partial charge in [-0.05, 0) is 32.3 Å². The van der Waals surface area contributed by atoms with E-state index >= 15 is 0 Å². The standard InChI is InChI=1S/C10H19N3.ClH/c1-5-9(11)6-10-7(2)12-13(4)8(10)3;/h9H,5-6,11H2,1-4H3;1H. The highest BCUT2D eigenvalue weighted by atomic mass is 35.5. The third kappa shape index (κ3) is 2.72. The van der Waals surface area contributed by atoms with Gasteiger partial charge in [-0.1, -0.05) is 6.92 Å². The van der Waals surface area contributed by atoms with Crippen LogP contribution in [0.15, 0.2) is 0 Å². The summed E-state index contributed by atoms with van der Waals surface area (Å²) in [7, 11) is 1.98. The summed E-state index contributed by atoms with van der Waals surface area (Å²) >= 11 is 0. The van der Waals surface area contributed by atoms with Crippen molar-refractivity contribution in [3.8, 4) is 0 Å². The van der Waals surface area contributed by atoms with E-state index < -0.39 is 0 Å². The Bertz CT molecular complexity index is 294. The molecule has 1 unspecified atom stereocenters. The molecule has 0 fully saturated rings. The molecule has 0 spiro atoms. The number of nitrogens with two attached hydrogens (primary N) is 1. The summed E-state index contributed by atoms with van der Waals surface area (Å²) in [6.07, 6.45) is 1.97. The van der Waals surface area contributed by atoms with Crippen molar-refractivity contribution in [3.05, 3.63) is 17.0 Å². The lowest BCUT2D eigenvalue weighted by Crippen LogP contribution is -2.22. The van der Waals surface area contributed by atoms with Crippen LogP contribution in [0.2, 0.25) is 0 Å². The summed E-state index contributed by atoms with van der Waals surface area (Å²) in [6.45, 7) is 6.26. The first-order valence-electron chi connectivity index (χ1n) is 4.80. The number of nitrogens with zero attached hydrogens (tertiary/aromatic N) is 2. The van der Waals surface area contributed by atoms with Crippen molar-refractivity contribution in [2.45, 2.75) is 39.7 Å². The van der Waals surface area contributed by atoms with Gasteiger partial charge in [-0.3, -0.25) is 4.68 Å². The molecule has 0 radical (unpaired) electrons. The third-order valence-corrected chi connectivity index (χ3v) is 2.65. The highest BCUT2D eigenvalue weighted by Gasteiger charge is 2.11. The lowest BCUT2D eigenvalue weighted by Gasteiger charge is -2.08. The monoisotopic (exact) mass is 217 g/mol. The average molecular weight is 218 g/mol. The molecule has 1 aromatic rings. The van der Waals surface area contributed by atoms with E-state index in [9.17, 15) is 0 Å². The number of hydrogen-bond acceptors (Lipinski definition) is 2. The van der Waals surface area contributed by atoms with Crippen LogP contribution in [-0.4, -0.2) is 15.8 Å². The summed E-state index contributed by atoms with van der Waals surface area (Å²) < 4.78 is 1.92. The Kier molecular flexibility index (Phi) is 5.16. The Balaban J connectivity index is 0.00000169. The van der Waals surface area contributed by atoms with Gasteiger partial charge in [0.05, 0.1) is 5.69 Å². The fourth-order valence-corrected chi connectivity index (χ4v) is 1.52. The zero-order chi connectivity index (χ0) is 10.0. The quantitative estimate of drug-likeness (QED) is 0.838. The zero-order valence-electron chi connectivity index (χ0n) is 9.37. The van der Waals surface area contributed by atoms with Crippen molar-refractivity contribution in [2.24, 2.45) is 12.8 Å². The first-order valence-corrected chi connectivity index (χ1v) is 4.80. The van der Waals surface area contributed by atoms with Crippen LogP contribution in [0.1, 0.15) is 30.3 Å². The molecule has 82 valence electrons. The van der Waals surface area contributed by atoms with E-state index in [-0.39, 0.29) is 18.4 Å². The lowest BCUT2D eigenvalue weighted by molar-refractivity contribution is 0.641. The number of aromatic nitrogens is 2. The van der Waals surface area contributed by atoms with Gasteiger partial charge in [0, 0.05) is 18.8 Å². The molecule has 0 saturated heterocycles. The zero-order valence-corrected chi connectivity index (χ0v) is 10.2. The van der Waals surface area contributed by atoms with E-state index in [0.717, 1.165) is 18.5 Å². The number of rotatable bonds is 3. The van der Waals surface area contributed by atoms with Crippen molar-refractivity contribution in [1.82, 2.24) is 9.78 Å². The van der Waals surface area contributed by atoms with Crippen LogP contribution in [0, 0.1) is 13.8 Å². The van der Waals surface area contributed by atoms with E-state index in [1.807, 2.05) is 18.7 Å². The summed E-state index contributed by atoms with van der Waals surface area (Å²) in [5, 5.41) is 4.36. The van der Waals surface area contributed by atoms with Crippen molar-refractivity contribution in [2.75, 3.05) is 0 Å². The maximum absolute atomic E-state index is 5.91. The van der Waals surface area contributed by atoms with E-state index in [0.29, 0.717) is 0 Å². The smallest absolute Gasteiger partial charge is 0.0628 e. The second kappa shape index (κ2) is 5.37. The summed E-state index contributed by atoms with van der Waals surface area (Å²) in [5.41, 5.74) is 9.58. The van der Waals surface area contributed by atoms with Crippen LogP contribution in [0.3, 0.4) is 0 Å². The molecule has 0 aliphatic rings. The van der Waals surface area contributed by atoms with E-state index in [1.165, 1.54) is 11.3 Å². The van der Waals surface area contributed by atoms with E-state index in [4.69, 9.17) is 5.73 Å². The fraction of sp³-hybridized carbons (Fsp3) is 0.700. The molecule has 1 rings (SSSR count). The largest absolute Gasteiger partial charge is 0.327 e. The van der Waals surface area contributed by atoms with Crippen LogP contribution in [0.5, 0.6) is 0 Å². The first-order chi connectivity index (χ1) is 6.06. The van der Waals surface area contributed by atoms with Crippen LogP contribution < -0.4 is 5.73 Å². The SMILES string of the molecule is CCC(N)Cc1c(C)nn(C)c1C.Cl. The van der Waals surface area contributed by atoms with Crippen LogP contribution in [-0.2, 0) is 13.5 Å². The summed E-state index contributed by atoms with van der Waals surface area (Å²) in [6, 6.07) is 0.265. The normalized spacial score (nSPS) is 12.4. The molecule has 0 aliphatic heterocycles. The van der Waals surface area contributed by atoms with Gasteiger partial charge in [0.15, 0.2) is 0 Å². The Labute approximate surface area is 92.1 Å². The number of halogens is 1. The topological polar surface area (TPSA) is 43.8 Å². The molecule has 3 nitrogen and oxygen atoms in total. The van der Waals surface area contributed by atoms with Crippen molar-refractivity contribution >= 4 is 12.4 Å². The summed E-state index contributed by atoms with van der Waals surface area (Å²) in [4.78, 5) is 0. The van der Waals surface area contributed by atoms with Gasteiger partial charge in [0.2, 0.25) is 0 Å². The highest BCUT2D eigenvalue weighted by Crippen LogP contribution is 2.14. The van der Waals surface area contributed by atoms with E-state index in [2.05, 4.69) is 18.9 Å². The fourth-order valence-electron chi connectivity index (χ4n) is 1.52. The molecule has 1 heterocycles. The molecule has 0 bridgehead atoms. The Morgan fingerprint density at radius 1 is 1.43 bits per heavy atom. The minimum atomic E-state index is 0. The van der Waals surface area contributed by atoms with Crippen LogP contribution >= 0.6 is 12.4 Å². The van der Waals surface area contributed by atoms with Gasteiger partial charge in [-0.15, -0.1) is 12.4 Å². The Morgan fingerprint density at radius 2 is 2.00 bits per heavy atom. The molecule has 4 heteroatoms. The second-order valence-corrected chi connectivity index (χ2v) is 3.65. The molecule has 0 saturated carbocycles. The predicted molar refractivity (Wildman–Crippen MR) is 61.9 cm³/mol. The molecular formula is C10H20ClN3. The molecule has 0 aliphatic carbocycles. The van der Waals surface area contributed by atoms with Crippen LogP contribution in [0.25, 0.3) is 0 Å². The van der Waals surface area contributed by atoms with Gasteiger partial charge in [-0.25, -0.2) is 0 Å². The van der Waals surface area contributed by atoms with Gasteiger partial charge < -0.3 is 5.73 Å². The Morgan fingerprint density at radius 3 is 2.36 bits per heavy atom. The molecule has 2 N–H and O–H groups in total. The number of aryl methyl sites for hydroxylation is 2. The Hall–Kier alpha value is -0.540. The lowest BCUT2D eigenvalue weighted by atomic mass is 10.0. The predicted octanol–water partition coefficient (Wildman–Crippen LogP) is 1.74. The van der Waals surface area contributed by atoms with Crippen molar-refractivity contribution in [3.63, 3.8) is 0 Å². The number of hydrogen-bond donors (Lipinski definition) is 1. The van der Waals surface area contributed by atoms with Gasteiger partial charge in [0.25, 0.3) is 0 Å². The highest BCUT2D eigenvalue weighted by molar-refractivity contribution is 5.85. The molecule has 1 atom stereocenters. The van der Waals surface area contributed by atoms with Gasteiger partial charge in [0.1, 0.15) is 0 Å². The van der Waals surface area contributed by atoms with Crippen molar-refractivity contribution in [1.29, 1.82) is 0 Å². The first kappa shape index (κ1) is 13.5. The molecule has 14 heavy (non-hydrogen) atoms. The minimum absolute atomic E-state index is 0. The van der Waals surface area contributed by atoms with Crippen LogP contribution in [0.4, 0.5) is 0 Å². The maximum Gasteiger partial charge on any atom is 0.0628 e. The third-order valence-electron chi connectivity index (χ3n) is 2.65. The van der Waals surface area contributed by atoms with Crippen molar-refractivity contribution < 1.29 is 0 Å². The second-order valence-electron chi connectivity index (χ2n) is 3.65. The summed E-state index contributed by atoms with van der Waals surface area (Å²) in [5.74, 6) is 0. The van der Waals surface area contributed by atoms with E-state index in [1.54, 1.807) is 0 Å². The van der Waals surface area contributed by atoms with Gasteiger partial charge in [-0.2, -0.15) is 5.10 Å². The minimum Gasteiger partial charge on any atom is -0.327 e.